The number of hydrogen-bond acceptors (Lipinski definition) is 4. The van der Waals surface area contributed by atoms with Crippen LogP contribution in [0.4, 0.5) is 5.69 Å². The molecule has 1 fully saturated rings. The van der Waals surface area contributed by atoms with Crippen molar-refractivity contribution in [3.63, 3.8) is 0 Å². The molecule has 1 aliphatic rings. The average Bonchev–Trinajstić information content (AvgIpc) is 2.67. The van der Waals surface area contributed by atoms with E-state index in [4.69, 9.17) is 10.5 Å². The fourth-order valence-corrected chi connectivity index (χ4v) is 3.39. The molecular weight excluding hydrogens is 240 g/mol. The molecule has 0 spiro atoms. The molecule has 0 aromatic heterocycles. The molecule has 1 heterocycles. The van der Waals surface area contributed by atoms with Crippen LogP contribution in [-0.4, -0.2) is 33.9 Å². The van der Waals surface area contributed by atoms with Crippen LogP contribution in [-0.2, 0) is 10.0 Å². The maximum absolute atomic E-state index is 11.8. The number of sulfonamides is 1. The average molecular weight is 256 g/mol. The lowest BCUT2D eigenvalue weighted by atomic mass is 10.3. The molecule has 94 valence electrons. The molecule has 17 heavy (non-hydrogen) atoms. The highest BCUT2D eigenvalue weighted by atomic mass is 32.2. The number of nitrogens with two attached hydrogens (primary N) is 1. The first-order valence-electron chi connectivity index (χ1n) is 5.57. The largest absolute Gasteiger partial charge is 0.492 e. The molecule has 5 nitrogen and oxygen atoms in total. The normalized spacial score (nSPS) is 18.3. The van der Waals surface area contributed by atoms with Crippen LogP contribution in [0.2, 0.25) is 0 Å². The molecule has 0 saturated carbocycles. The second kappa shape index (κ2) is 4.93. The van der Waals surface area contributed by atoms with Crippen molar-refractivity contribution in [3.05, 3.63) is 24.3 Å². The van der Waals surface area contributed by atoms with Crippen molar-refractivity contribution in [1.82, 2.24) is 0 Å². The molecule has 0 radical (unpaired) electrons. The minimum atomic E-state index is -3.12. The van der Waals surface area contributed by atoms with Gasteiger partial charge in [-0.3, -0.25) is 4.31 Å². The van der Waals surface area contributed by atoms with E-state index >= 15 is 0 Å². The summed E-state index contributed by atoms with van der Waals surface area (Å²) in [6.45, 7) is 1.41. The highest BCUT2D eigenvalue weighted by Gasteiger charge is 2.28. The smallest absolute Gasteiger partial charge is 0.235 e. The van der Waals surface area contributed by atoms with E-state index in [9.17, 15) is 8.42 Å². The molecular formula is C11H16N2O3S. The topological polar surface area (TPSA) is 72.6 Å². The zero-order chi connectivity index (χ0) is 12.3. The van der Waals surface area contributed by atoms with Crippen molar-refractivity contribution in [2.24, 2.45) is 5.73 Å². The highest BCUT2D eigenvalue weighted by Crippen LogP contribution is 2.27. The van der Waals surface area contributed by atoms with E-state index in [1.54, 1.807) is 24.3 Å². The van der Waals surface area contributed by atoms with Crippen molar-refractivity contribution in [3.8, 4) is 5.75 Å². The lowest BCUT2D eigenvalue weighted by molar-refractivity contribution is 0.328. The minimum absolute atomic E-state index is 0.223. The second-order valence-electron chi connectivity index (χ2n) is 3.88. The van der Waals surface area contributed by atoms with Gasteiger partial charge in [-0.15, -0.1) is 0 Å². The predicted molar refractivity (Wildman–Crippen MR) is 66.7 cm³/mol. The number of rotatable bonds is 4. The molecule has 0 aliphatic carbocycles. The lowest BCUT2D eigenvalue weighted by Crippen LogP contribution is -2.25. The monoisotopic (exact) mass is 256 g/mol. The van der Waals surface area contributed by atoms with Crippen molar-refractivity contribution < 1.29 is 13.2 Å². The van der Waals surface area contributed by atoms with Crippen LogP contribution in [0.25, 0.3) is 0 Å². The van der Waals surface area contributed by atoms with Crippen molar-refractivity contribution >= 4 is 15.7 Å². The fraction of sp³-hybridized carbons (Fsp3) is 0.455. The summed E-state index contributed by atoms with van der Waals surface area (Å²) in [7, 11) is -3.12. The third-order valence-electron chi connectivity index (χ3n) is 2.59. The summed E-state index contributed by atoms with van der Waals surface area (Å²) in [5.74, 6) is 0.871. The first kappa shape index (κ1) is 12.2. The summed E-state index contributed by atoms with van der Waals surface area (Å²) >= 11 is 0. The molecule has 1 aliphatic heterocycles. The predicted octanol–water partition coefficient (Wildman–Crippen LogP) is 0.564. The first-order valence-corrected chi connectivity index (χ1v) is 7.18. The molecule has 1 saturated heterocycles. The van der Waals surface area contributed by atoms with Gasteiger partial charge in [-0.2, -0.15) is 0 Å². The van der Waals surface area contributed by atoms with Crippen molar-refractivity contribution in [1.29, 1.82) is 0 Å². The van der Waals surface area contributed by atoms with Gasteiger partial charge in [-0.05, 0) is 18.6 Å². The van der Waals surface area contributed by atoms with E-state index in [2.05, 4.69) is 0 Å². The van der Waals surface area contributed by atoms with Crippen LogP contribution < -0.4 is 14.8 Å². The quantitative estimate of drug-likeness (QED) is 0.854. The van der Waals surface area contributed by atoms with E-state index in [0.717, 1.165) is 0 Å². The Hall–Kier alpha value is -1.27. The van der Waals surface area contributed by atoms with Gasteiger partial charge in [0.2, 0.25) is 10.0 Å². The van der Waals surface area contributed by atoms with Crippen LogP contribution in [0.15, 0.2) is 24.3 Å². The maximum atomic E-state index is 11.8. The number of benzene rings is 1. The van der Waals surface area contributed by atoms with Gasteiger partial charge < -0.3 is 10.5 Å². The molecule has 0 amide bonds. The van der Waals surface area contributed by atoms with Crippen LogP contribution in [0.5, 0.6) is 5.75 Å². The Morgan fingerprint density at radius 3 is 2.88 bits per heavy atom. The fourth-order valence-electron chi connectivity index (χ4n) is 1.83. The summed E-state index contributed by atoms with van der Waals surface area (Å²) in [5, 5.41) is 0. The van der Waals surface area contributed by atoms with Crippen molar-refractivity contribution in [2.45, 2.75) is 6.42 Å². The van der Waals surface area contributed by atoms with Gasteiger partial charge >= 0.3 is 0 Å². The summed E-state index contributed by atoms with van der Waals surface area (Å²) in [4.78, 5) is 0. The number of nitrogens with zero attached hydrogens (tertiary/aromatic N) is 1. The Bertz CT molecular complexity index is 487. The van der Waals surface area contributed by atoms with Crippen LogP contribution in [0.3, 0.4) is 0 Å². The van der Waals surface area contributed by atoms with Gasteiger partial charge in [0.1, 0.15) is 12.4 Å². The highest BCUT2D eigenvalue weighted by molar-refractivity contribution is 7.93. The summed E-state index contributed by atoms with van der Waals surface area (Å²) < 4.78 is 30.3. The van der Waals surface area contributed by atoms with E-state index in [1.807, 2.05) is 0 Å². The zero-order valence-corrected chi connectivity index (χ0v) is 10.3. The third kappa shape index (κ3) is 2.70. The summed E-state index contributed by atoms with van der Waals surface area (Å²) in [6, 6.07) is 7.09. The maximum Gasteiger partial charge on any atom is 0.235 e. The molecule has 0 atom stereocenters. The SMILES string of the molecule is NCCOc1cccc(N2CCCS2(=O)=O)c1. The standard InChI is InChI=1S/C11H16N2O3S/c12-5-7-16-11-4-1-3-10(9-11)13-6-2-8-17(13,14)15/h1,3-4,9H,2,5-8,12H2. The number of ether oxygens (including phenoxy) is 1. The Kier molecular flexibility index (Phi) is 3.54. The van der Waals surface area contributed by atoms with Crippen LogP contribution in [0, 0.1) is 0 Å². The molecule has 2 N–H and O–H groups in total. The molecule has 2 rings (SSSR count). The van der Waals surface area contributed by atoms with Crippen molar-refractivity contribution in [2.75, 3.05) is 29.8 Å². The molecule has 6 heteroatoms. The van der Waals surface area contributed by atoms with E-state index in [1.165, 1.54) is 4.31 Å². The first-order chi connectivity index (χ1) is 8.13. The van der Waals surface area contributed by atoms with Gasteiger partial charge in [-0.1, -0.05) is 6.07 Å². The number of hydrogen-bond donors (Lipinski definition) is 1. The number of anilines is 1. The van der Waals surface area contributed by atoms with Gasteiger partial charge in [0.25, 0.3) is 0 Å². The van der Waals surface area contributed by atoms with Gasteiger partial charge in [0.15, 0.2) is 0 Å². The third-order valence-corrected chi connectivity index (χ3v) is 4.46. The Morgan fingerprint density at radius 2 is 2.24 bits per heavy atom. The van der Waals surface area contributed by atoms with Crippen LogP contribution >= 0.6 is 0 Å². The van der Waals surface area contributed by atoms with Gasteiger partial charge in [0.05, 0.1) is 11.4 Å². The summed E-state index contributed by atoms with van der Waals surface area (Å²) in [6.07, 6.45) is 0.677. The van der Waals surface area contributed by atoms with E-state index < -0.39 is 10.0 Å². The van der Waals surface area contributed by atoms with Gasteiger partial charge in [0, 0.05) is 19.2 Å². The summed E-state index contributed by atoms with van der Waals surface area (Å²) in [5.41, 5.74) is 6.01. The Balaban J connectivity index is 2.21. The zero-order valence-electron chi connectivity index (χ0n) is 9.50. The van der Waals surface area contributed by atoms with Gasteiger partial charge in [-0.25, -0.2) is 8.42 Å². The lowest BCUT2D eigenvalue weighted by Gasteiger charge is -2.17. The Labute approximate surface area is 101 Å². The minimum Gasteiger partial charge on any atom is -0.492 e. The van der Waals surface area contributed by atoms with E-state index in [0.29, 0.717) is 37.6 Å². The second-order valence-corrected chi connectivity index (χ2v) is 5.89. The van der Waals surface area contributed by atoms with E-state index in [-0.39, 0.29) is 5.75 Å². The molecule has 1 aromatic rings. The molecule has 0 bridgehead atoms. The molecule has 0 unspecified atom stereocenters. The Morgan fingerprint density at radius 1 is 1.41 bits per heavy atom. The van der Waals surface area contributed by atoms with Crippen LogP contribution in [0.1, 0.15) is 6.42 Å². The molecule has 1 aromatic carbocycles.